The van der Waals surface area contributed by atoms with E-state index in [1.807, 2.05) is 20.9 Å². The summed E-state index contributed by atoms with van der Waals surface area (Å²) in [5, 5.41) is 7.17. The number of nitrogens with zero attached hydrogens (tertiary/aromatic N) is 2. The zero-order chi connectivity index (χ0) is 18.6. The monoisotopic (exact) mass is 359 g/mol. The molecule has 4 bridgehead atoms. The Hall–Kier alpha value is -1.85. The average Bonchev–Trinajstić information content (AvgIpc) is 2.80. The van der Waals surface area contributed by atoms with Crippen molar-refractivity contribution in [2.24, 2.45) is 36.6 Å². The van der Waals surface area contributed by atoms with Crippen LogP contribution in [0.5, 0.6) is 0 Å². The SMILES string of the molecule is Cc1nn(C)c(C)c1NC(=O)C(C)OC(=O)C1C2CC3CC(C2)CC1C3. The fourth-order valence-electron chi connectivity index (χ4n) is 5.80. The number of ether oxygens (including phenoxy) is 1. The molecule has 4 fully saturated rings. The summed E-state index contributed by atoms with van der Waals surface area (Å²) in [7, 11) is 1.84. The van der Waals surface area contributed by atoms with Crippen molar-refractivity contribution in [2.75, 3.05) is 5.32 Å². The molecule has 0 saturated heterocycles. The van der Waals surface area contributed by atoms with Gasteiger partial charge in [0.2, 0.25) is 0 Å². The molecule has 0 aromatic carbocycles. The molecular weight excluding hydrogens is 330 g/mol. The molecule has 1 N–H and O–H groups in total. The van der Waals surface area contributed by atoms with Crippen LogP contribution in [0.4, 0.5) is 5.69 Å². The van der Waals surface area contributed by atoms with Crippen LogP contribution in [0.25, 0.3) is 0 Å². The highest BCUT2D eigenvalue weighted by Crippen LogP contribution is 2.56. The highest BCUT2D eigenvalue weighted by atomic mass is 16.5. The summed E-state index contributed by atoms with van der Waals surface area (Å²) in [6, 6.07) is 0. The molecule has 6 heteroatoms. The Kier molecular flexibility index (Phi) is 4.32. The van der Waals surface area contributed by atoms with E-state index in [1.165, 1.54) is 32.1 Å². The number of amides is 1. The Balaban J connectivity index is 1.39. The molecule has 142 valence electrons. The molecule has 1 atom stereocenters. The maximum absolute atomic E-state index is 12.8. The van der Waals surface area contributed by atoms with Crippen LogP contribution in [0.2, 0.25) is 0 Å². The normalized spacial score (nSPS) is 33.2. The lowest BCUT2D eigenvalue weighted by Crippen LogP contribution is -2.49. The highest BCUT2D eigenvalue weighted by molar-refractivity contribution is 5.96. The third-order valence-corrected chi connectivity index (χ3v) is 6.92. The quantitative estimate of drug-likeness (QED) is 0.839. The summed E-state index contributed by atoms with van der Waals surface area (Å²) in [5.74, 6) is 2.12. The molecule has 1 aromatic heterocycles. The Morgan fingerprint density at radius 1 is 1.12 bits per heavy atom. The van der Waals surface area contributed by atoms with E-state index in [9.17, 15) is 9.59 Å². The van der Waals surface area contributed by atoms with Gasteiger partial charge in [-0.3, -0.25) is 14.3 Å². The van der Waals surface area contributed by atoms with Gasteiger partial charge in [-0.2, -0.15) is 5.10 Å². The predicted octanol–water partition coefficient (Wildman–Crippen LogP) is 2.98. The fourth-order valence-corrected chi connectivity index (χ4v) is 5.80. The van der Waals surface area contributed by atoms with Gasteiger partial charge < -0.3 is 10.1 Å². The second kappa shape index (κ2) is 6.39. The zero-order valence-corrected chi connectivity index (χ0v) is 16.1. The largest absolute Gasteiger partial charge is 0.452 e. The third kappa shape index (κ3) is 2.93. The first-order chi connectivity index (χ1) is 12.3. The van der Waals surface area contributed by atoms with E-state index in [-0.39, 0.29) is 17.8 Å². The van der Waals surface area contributed by atoms with Crippen molar-refractivity contribution in [2.45, 2.75) is 59.0 Å². The first kappa shape index (κ1) is 17.6. The number of anilines is 1. The number of hydrogen-bond acceptors (Lipinski definition) is 4. The van der Waals surface area contributed by atoms with Gasteiger partial charge in [-0.15, -0.1) is 0 Å². The van der Waals surface area contributed by atoms with Gasteiger partial charge in [0.1, 0.15) is 0 Å². The molecule has 4 aliphatic rings. The highest BCUT2D eigenvalue weighted by Gasteiger charge is 2.51. The van der Waals surface area contributed by atoms with E-state index in [0.29, 0.717) is 17.5 Å². The molecule has 1 unspecified atom stereocenters. The topological polar surface area (TPSA) is 73.2 Å². The van der Waals surface area contributed by atoms with Crippen molar-refractivity contribution >= 4 is 17.6 Å². The van der Waals surface area contributed by atoms with E-state index in [0.717, 1.165) is 23.2 Å². The lowest BCUT2D eigenvalue weighted by atomic mass is 9.52. The van der Waals surface area contributed by atoms with Gasteiger partial charge >= 0.3 is 5.97 Å². The van der Waals surface area contributed by atoms with E-state index < -0.39 is 6.10 Å². The zero-order valence-electron chi connectivity index (χ0n) is 16.1. The van der Waals surface area contributed by atoms with Crippen LogP contribution in [0.1, 0.15) is 50.4 Å². The first-order valence-electron chi connectivity index (χ1n) is 9.85. The molecule has 6 nitrogen and oxygen atoms in total. The van der Waals surface area contributed by atoms with Crippen molar-refractivity contribution in [3.05, 3.63) is 11.4 Å². The van der Waals surface area contributed by atoms with Crippen LogP contribution in [0, 0.1) is 43.4 Å². The molecule has 4 saturated carbocycles. The molecule has 1 heterocycles. The van der Waals surface area contributed by atoms with Gasteiger partial charge in [0, 0.05) is 7.05 Å². The minimum absolute atomic E-state index is 0.0000795. The number of rotatable bonds is 4. The summed E-state index contributed by atoms with van der Waals surface area (Å²) in [5.41, 5.74) is 2.35. The second-order valence-electron chi connectivity index (χ2n) is 8.69. The number of carbonyl (C=O) groups excluding carboxylic acids is 2. The summed E-state index contributed by atoms with van der Waals surface area (Å²) in [4.78, 5) is 25.3. The molecule has 5 rings (SSSR count). The summed E-state index contributed by atoms with van der Waals surface area (Å²) >= 11 is 0. The Labute approximate surface area is 154 Å². The van der Waals surface area contributed by atoms with Crippen LogP contribution >= 0.6 is 0 Å². The van der Waals surface area contributed by atoms with Gasteiger partial charge in [0.15, 0.2) is 6.10 Å². The van der Waals surface area contributed by atoms with Crippen LogP contribution in [-0.4, -0.2) is 27.8 Å². The van der Waals surface area contributed by atoms with Gasteiger partial charge in [0.05, 0.1) is 23.0 Å². The van der Waals surface area contributed by atoms with Crippen LogP contribution in [0.15, 0.2) is 0 Å². The minimum Gasteiger partial charge on any atom is -0.452 e. The van der Waals surface area contributed by atoms with Gasteiger partial charge in [-0.25, -0.2) is 0 Å². The van der Waals surface area contributed by atoms with Gasteiger partial charge in [0.25, 0.3) is 5.91 Å². The summed E-state index contributed by atoms with van der Waals surface area (Å²) in [6.07, 6.45) is 5.24. The molecule has 0 spiro atoms. The molecule has 1 amide bonds. The van der Waals surface area contributed by atoms with E-state index >= 15 is 0 Å². The number of nitrogens with one attached hydrogen (secondary N) is 1. The number of aromatic nitrogens is 2. The maximum atomic E-state index is 12.8. The molecule has 0 aliphatic heterocycles. The molecule has 1 aromatic rings. The smallest absolute Gasteiger partial charge is 0.310 e. The Morgan fingerprint density at radius 3 is 2.19 bits per heavy atom. The predicted molar refractivity (Wildman–Crippen MR) is 97.4 cm³/mol. The molecule has 4 aliphatic carbocycles. The number of esters is 1. The molecule has 26 heavy (non-hydrogen) atoms. The van der Waals surface area contributed by atoms with E-state index in [1.54, 1.807) is 11.6 Å². The van der Waals surface area contributed by atoms with Crippen molar-refractivity contribution < 1.29 is 14.3 Å². The summed E-state index contributed by atoms with van der Waals surface area (Å²) < 4.78 is 7.35. The van der Waals surface area contributed by atoms with Crippen LogP contribution in [0.3, 0.4) is 0 Å². The number of hydrogen-bond donors (Lipinski definition) is 1. The first-order valence-corrected chi connectivity index (χ1v) is 9.85. The number of carbonyl (C=O) groups is 2. The van der Waals surface area contributed by atoms with Crippen molar-refractivity contribution in [3.63, 3.8) is 0 Å². The fraction of sp³-hybridized carbons (Fsp3) is 0.750. The molecule has 0 radical (unpaired) electrons. The van der Waals surface area contributed by atoms with Crippen molar-refractivity contribution in [1.29, 1.82) is 0 Å². The average molecular weight is 359 g/mol. The minimum atomic E-state index is -0.793. The maximum Gasteiger partial charge on any atom is 0.310 e. The lowest BCUT2D eigenvalue weighted by molar-refractivity contribution is -0.169. The van der Waals surface area contributed by atoms with E-state index in [2.05, 4.69) is 10.4 Å². The molecular formula is C20H29N3O3. The van der Waals surface area contributed by atoms with E-state index in [4.69, 9.17) is 4.74 Å². The van der Waals surface area contributed by atoms with Crippen LogP contribution in [-0.2, 0) is 21.4 Å². The Morgan fingerprint density at radius 2 is 1.69 bits per heavy atom. The van der Waals surface area contributed by atoms with Gasteiger partial charge in [-0.1, -0.05) is 0 Å². The van der Waals surface area contributed by atoms with Gasteiger partial charge in [-0.05, 0) is 76.5 Å². The third-order valence-electron chi connectivity index (χ3n) is 6.92. The lowest BCUT2D eigenvalue weighted by Gasteiger charge is -2.53. The summed E-state index contributed by atoms with van der Waals surface area (Å²) in [6.45, 7) is 5.42. The standard InChI is InChI=1S/C20H29N3O3/c1-10-18(11(2)23(4)22-10)21-19(24)12(3)26-20(25)17-15-6-13-5-14(8-15)9-16(17)7-13/h12-17H,5-9H2,1-4H3,(H,21,24). The van der Waals surface area contributed by atoms with Crippen molar-refractivity contribution in [3.8, 4) is 0 Å². The second-order valence-corrected chi connectivity index (χ2v) is 8.69. The van der Waals surface area contributed by atoms with Crippen LogP contribution < -0.4 is 5.32 Å². The number of aryl methyl sites for hydroxylation is 2. The Bertz CT molecular complexity index is 711. The van der Waals surface area contributed by atoms with Crippen molar-refractivity contribution in [1.82, 2.24) is 9.78 Å².